The fourth-order valence-corrected chi connectivity index (χ4v) is 3.43. The Kier molecular flexibility index (Phi) is 7.27. The van der Waals surface area contributed by atoms with E-state index in [4.69, 9.17) is 0 Å². The van der Waals surface area contributed by atoms with Crippen LogP contribution in [0.4, 0.5) is 0 Å². The van der Waals surface area contributed by atoms with Gasteiger partial charge in [-0.05, 0) is 42.5 Å². The highest BCUT2D eigenvalue weighted by atomic mass is 35.5. The van der Waals surface area contributed by atoms with Gasteiger partial charge in [0.15, 0.2) is 0 Å². The summed E-state index contributed by atoms with van der Waals surface area (Å²) in [4.78, 5) is 0.331. The van der Waals surface area contributed by atoms with Gasteiger partial charge in [0.05, 0.1) is 4.90 Å². The Bertz CT molecular complexity index is 637. The first-order chi connectivity index (χ1) is 10.3. The van der Waals surface area contributed by atoms with Crippen molar-refractivity contribution in [1.82, 2.24) is 10.0 Å². The number of benzene rings is 1. The van der Waals surface area contributed by atoms with E-state index in [1.807, 2.05) is 12.1 Å². The fraction of sp³-hybridized carbons (Fsp3) is 0.529. The zero-order valence-electron chi connectivity index (χ0n) is 14.1. The van der Waals surface area contributed by atoms with Gasteiger partial charge in [0.1, 0.15) is 0 Å². The molecule has 0 fully saturated rings. The second-order valence-corrected chi connectivity index (χ2v) is 8.17. The highest BCUT2D eigenvalue weighted by Gasteiger charge is 2.20. The van der Waals surface area contributed by atoms with E-state index in [0.717, 1.165) is 37.1 Å². The molecular weight excluding hydrogens is 332 g/mol. The third kappa shape index (κ3) is 5.31. The third-order valence-electron chi connectivity index (χ3n) is 4.48. The summed E-state index contributed by atoms with van der Waals surface area (Å²) in [5, 5.41) is 3.22. The van der Waals surface area contributed by atoms with Crippen LogP contribution in [0.1, 0.15) is 39.2 Å². The van der Waals surface area contributed by atoms with E-state index in [1.165, 1.54) is 0 Å². The van der Waals surface area contributed by atoms with E-state index in [-0.39, 0.29) is 17.8 Å². The Morgan fingerprint density at radius 1 is 1.22 bits per heavy atom. The molecule has 0 unspecified atom stereocenters. The Morgan fingerprint density at radius 2 is 1.87 bits per heavy atom. The van der Waals surface area contributed by atoms with Crippen molar-refractivity contribution >= 4 is 22.4 Å². The topological polar surface area (TPSA) is 58.2 Å². The summed E-state index contributed by atoms with van der Waals surface area (Å²) in [5.41, 5.74) is 2.37. The van der Waals surface area contributed by atoms with Gasteiger partial charge in [0.25, 0.3) is 0 Å². The molecule has 1 heterocycles. The molecule has 0 bridgehead atoms. The first-order valence-electron chi connectivity index (χ1n) is 7.84. The van der Waals surface area contributed by atoms with Crippen molar-refractivity contribution in [2.45, 2.75) is 43.9 Å². The lowest BCUT2D eigenvalue weighted by atomic mass is 9.82. The Hall–Kier alpha value is -0.880. The minimum absolute atomic E-state index is 0. The highest BCUT2D eigenvalue weighted by molar-refractivity contribution is 7.89. The second kappa shape index (κ2) is 8.29. The molecule has 23 heavy (non-hydrogen) atoms. The minimum Gasteiger partial charge on any atom is -0.313 e. The number of hydrogen-bond donors (Lipinski definition) is 2. The van der Waals surface area contributed by atoms with Crippen LogP contribution >= 0.6 is 12.4 Å². The number of nitrogens with one attached hydrogen (secondary N) is 2. The molecule has 0 atom stereocenters. The molecular formula is C17H27ClN2O2S. The average Bonchev–Trinajstić information content (AvgIpc) is 2.54. The summed E-state index contributed by atoms with van der Waals surface area (Å²) in [6.07, 6.45) is 3.96. The van der Waals surface area contributed by atoms with E-state index < -0.39 is 10.0 Å². The molecule has 1 aliphatic rings. The van der Waals surface area contributed by atoms with Gasteiger partial charge >= 0.3 is 0 Å². The molecule has 0 aromatic heterocycles. The summed E-state index contributed by atoms with van der Waals surface area (Å²) in [5.74, 6) is 0. The van der Waals surface area contributed by atoms with Crippen molar-refractivity contribution < 1.29 is 8.42 Å². The van der Waals surface area contributed by atoms with Crippen molar-refractivity contribution in [3.8, 4) is 0 Å². The second-order valence-electron chi connectivity index (χ2n) is 6.40. The van der Waals surface area contributed by atoms with Crippen LogP contribution in [0.15, 0.2) is 40.8 Å². The summed E-state index contributed by atoms with van der Waals surface area (Å²) in [7, 11) is -3.44. The van der Waals surface area contributed by atoms with Crippen molar-refractivity contribution in [3.63, 3.8) is 0 Å². The first-order valence-corrected chi connectivity index (χ1v) is 9.32. The summed E-state index contributed by atoms with van der Waals surface area (Å²) in [6.45, 7) is 8.59. The molecule has 1 aliphatic heterocycles. The molecule has 6 heteroatoms. The molecule has 2 N–H and O–H groups in total. The molecule has 0 amide bonds. The van der Waals surface area contributed by atoms with Crippen LogP contribution in [-0.4, -0.2) is 28.1 Å². The van der Waals surface area contributed by atoms with Gasteiger partial charge < -0.3 is 5.32 Å². The third-order valence-corrected chi connectivity index (χ3v) is 5.89. The Labute approximate surface area is 146 Å². The maximum atomic E-state index is 12.4. The molecule has 0 spiro atoms. The largest absolute Gasteiger partial charge is 0.313 e. The maximum Gasteiger partial charge on any atom is 0.240 e. The van der Waals surface area contributed by atoms with Crippen LogP contribution in [0.5, 0.6) is 0 Å². The zero-order chi connectivity index (χ0) is 16.2. The summed E-state index contributed by atoms with van der Waals surface area (Å²) in [6, 6.07) is 7.24. The van der Waals surface area contributed by atoms with E-state index >= 15 is 0 Å². The van der Waals surface area contributed by atoms with Gasteiger partial charge in [-0.2, -0.15) is 0 Å². The van der Waals surface area contributed by atoms with Gasteiger partial charge in [-0.25, -0.2) is 13.1 Å². The molecule has 130 valence electrons. The lowest BCUT2D eigenvalue weighted by molar-refractivity contribution is 0.505. The fourth-order valence-electron chi connectivity index (χ4n) is 2.39. The van der Waals surface area contributed by atoms with Gasteiger partial charge in [0.2, 0.25) is 10.0 Å². The lowest BCUT2D eigenvalue weighted by Gasteiger charge is -2.23. The van der Waals surface area contributed by atoms with Crippen LogP contribution in [0.3, 0.4) is 0 Å². The normalized spacial score (nSPS) is 15.7. The van der Waals surface area contributed by atoms with Crippen LogP contribution < -0.4 is 10.0 Å². The number of rotatable bonds is 6. The Balaban J connectivity index is 0.00000264. The highest BCUT2D eigenvalue weighted by Crippen LogP contribution is 2.27. The van der Waals surface area contributed by atoms with Crippen molar-refractivity contribution in [3.05, 3.63) is 41.5 Å². The van der Waals surface area contributed by atoms with E-state index in [0.29, 0.717) is 11.4 Å². The average molecular weight is 359 g/mol. The number of halogens is 1. The van der Waals surface area contributed by atoms with E-state index in [2.05, 4.69) is 36.9 Å². The summed E-state index contributed by atoms with van der Waals surface area (Å²) >= 11 is 0. The monoisotopic (exact) mass is 358 g/mol. The molecule has 1 aromatic carbocycles. The van der Waals surface area contributed by atoms with Crippen LogP contribution in [0, 0.1) is 0 Å². The molecule has 0 saturated carbocycles. The predicted molar refractivity (Wildman–Crippen MR) is 97.8 cm³/mol. The molecule has 1 aromatic rings. The van der Waals surface area contributed by atoms with Gasteiger partial charge in [-0.3, -0.25) is 0 Å². The van der Waals surface area contributed by atoms with Crippen LogP contribution in [-0.2, 0) is 15.4 Å². The molecule has 0 aliphatic carbocycles. The molecule has 0 saturated heterocycles. The Morgan fingerprint density at radius 3 is 2.39 bits per heavy atom. The van der Waals surface area contributed by atoms with Crippen molar-refractivity contribution in [2.24, 2.45) is 0 Å². The van der Waals surface area contributed by atoms with Crippen molar-refractivity contribution in [2.75, 3.05) is 19.6 Å². The lowest BCUT2D eigenvalue weighted by Crippen LogP contribution is -2.29. The minimum atomic E-state index is -3.44. The van der Waals surface area contributed by atoms with Crippen LogP contribution in [0.2, 0.25) is 0 Å². The van der Waals surface area contributed by atoms with Crippen LogP contribution in [0.25, 0.3) is 0 Å². The zero-order valence-corrected chi connectivity index (χ0v) is 15.7. The first kappa shape index (κ1) is 20.2. The SMILES string of the molecule is CCC(C)(C)c1ccc(S(=O)(=O)NCC2=CCNCC2)cc1.Cl. The predicted octanol–water partition coefficient (Wildman–Crippen LogP) is 2.99. The maximum absolute atomic E-state index is 12.4. The van der Waals surface area contributed by atoms with Gasteiger partial charge in [0, 0.05) is 13.1 Å². The molecule has 2 rings (SSSR count). The molecule has 4 nitrogen and oxygen atoms in total. The summed E-state index contributed by atoms with van der Waals surface area (Å²) < 4.78 is 27.4. The standard InChI is InChI=1S/C17H26N2O2S.ClH/c1-4-17(2,3)15-5-7-16(8-6-15)22(20,21)19-13-14-9-11-18-12-10-14;/h5-9,18-19H,4,10-13H2,1-3H3;1H. The number of hydrogen-bond acceptors (Lipinski definition) is 3. The van der Waals surface area contributed by atoms with E-state index in [9.17, 15) is 8.42 Å². The van der Waals surface area contributed by atoms with Crippen molar-refractivity contribution in [1.29, 1.82) is 0 Å². The number of sulfonamides is 1. The van der Waals surface area contributed by atoms with Gasteiger partial charge in [-0.15, -0.1) is 12.4 Å². The van der Waals surface area contributed by atoms with E-state index in [1.54, 1.807) is 12.1 Å². The quantitative estimate of drug-likeness (QED) is 0.768. The smallest absolute Gasteiger partial charge is 0.240 e. The molecule has 0 radical (unpaired) electrons. The van der Waals surface area contributed by atoms with Gasteiger partial charge in [-0.1, -0.05) is 44.6 Å².